The summed E-state index contributed by atoms with van der Waals surface area (Å²) in [6.07, 6.45) is 1.03. The van der Waals surface area contributed by atoms with Crippen LogP contribution in [0.25, 0.3) is 0 Å². The standard InChI is InChI=1S/C14H23NO/c1-10(2)16-13-8-6-7-11(3)12(13)9-14(4,5)15/h6-8,10H,9,15H2,1-5H3. The monoisotopic (exact) mass is 221 g/mol. The maximum Gasteiger partial charge on any atom is 0.123 e. The summed E-state index contributed by atoms with van der Waals surface area (Å²) in [6, 6.07) is 6.16. The van der Waals surface area contributed by atoms with Gasteiger partial charge in [0.05, 0.1) is 6.10 Å². The first-order valence-electron chi connectivity index (χ1n) is 5.83. The van der Waals surface area contributed by atoms with Crippen LogP contribution >= 0.6 is 0 Å². The van der Waals surface area contributed by atoms with Gasteiger partial charge in [0.15, 0.2) is 0 Å². The molecule has 16 heavy (non-hydrogen) atoms. The van der Waals surface area contributed by atoms with E-state index in [1.165, 1.54) is 11.1 Å². The van der Waals surface area contributed by atoms with Gasteiger partial charge in [0.1, 0.15) is 5.75 Å². The molecule has 1 aromatic rings. The van der Waals surface area contributed by atoms with Gasteiger partial charge in [-0.15, -0.1) is 0 Å². The predicted octanol–water partition coefficient (Wildman–Crippen LogP) is 3.06. The van der Waals surface area contributed by atoms with E-state index in [9.17, 15) is 0 Å². The van der Waals surface area contributed by atoms with Gasteiger partial charge in [0.25, 0.3) is 0 Å². The molecule has 0 radical (unpaired) electrons. The smallest absolute Gasteiger partial charge is 0.123 e. The molecule has 1 aromatic carbocycles. The van der Waals surface area contributed by atoms with Crippen molar-refractivity contribution >= 4 is 0 Å². The quantitative estimate of drug-likeness (QED) is 0.848. The summed E-state index contributed by atoms with van der Waals surface area (Å²) in [4.78, 5) is 0. The van der Waals surface area contributed by atoms with Crippen LogP contribution in [-0.4, -0.2) is 11.6 Å². The van der Waals surface area contributed by atoms with Gasteiger partial charge in [-0.05, 0) is 58.2 Å². The van der Waals surface area contributed by atoms with E-state index in [1.54, 1.807) is 0 Å². The number of hydrogen-bond donors (Lipinski definition) is 1. The molecule has 0 fully saturated rings. The summed E-state index contributed by atoms with van der Waals surface area (Å²) in [5.41, 5.74) is 8.35. The molecule has 0 saturated carbocycles. The molecular formula is C14H23NO. The zero-order valence-electron chi connectivity index (χ0n) is 11.0. The van der Waals surface area contributed by atoms with Crippen LogP contribution in [0.5, 0.6) is 5.75 Å². The summed E-state index contributed by atoms with van der Waals surface area (Å²) in [5, 5.41) is 0. The Morgan fingerprint density at radius 3 is 2.44 bits per heavy atom. The van der Waals surface area contributed by atoms with Crippen LogP contribution in [-0.2, 0) is 6.42 Å². The van der Waals surface area contributed by atoms with Crippen molar-refractivity contribution in [3.63, 3.8) is 0 Å². The lowest BCUT2D eigenvalue weighted by molar-refractivity contribution is 0.238. The highest BCUT2D eigenvalue weighted by Crippen LogP contribution is 2.26. The molecule has 0 unspecified atom stereocenters. The van der Waals surface area contributed by atoms with Crippen molar-refractivity contribution < 1.29 is 4.74 Å². The number of hydrogen-bond acceptors (Lipinski definition) is 2. The summed E-state index contributed by atoms with van der Waals surface area (Å²) in [5.74, 6) is 0.966. The Balaban J connectivity index is 3.03. The van der Waals surface area contributed by atoms with E-state index in [1.807, 2.05) is 39.8 Å². The number of aryl methyl sites for hydroxylation is 1. The molecule has 0 amide bonds. The Morgan fingerprint density at radius 2 is 1.94 bits per heavy atom. The lowest BCUT2D eigenvalue weighted by atomic mass is 9.92. The Kier molecular flexibility index (Phi) is 3.98. The lowest BCUT2D eigenvalue weighted by Gasteiger charge is -2.23. The van der Waals surface area contributed by atoms with Gasteiger partial charge >= 0.3 is 0 Å². The Bertz CT molecular complexity index is 350. The summed E-state index contributed by atoms with van der Waals surface area (Å²) in [7, 11) is 0. The number of benzene rings is 1. The summed E-state index contributed by atoms with van der Waals surface area (Å²) >= 11 is 0. The summed E-state index contributed by atoms with van der Waals surface area (Å²) < 4.78 is 5.82. The minimum atomic E-state index is -0.207. The minimum Gasteiger partial charge on any atom is -0.491 e. The molecule has 0 spiro atoms. The molecule has 0 aliphatic carbocycles. The molecule has 0 heterocycles. The first-order valence-corrected chi connectivity index (χ1v) is 5.83. The van der Waals surface area contributed by atoms with E-state index in [-0.39, 0.29) is 11.6 Å². The van der Waals surface area contributed by atoms with Crippen molar-refractivity contribution in [2.24, 2.45) is 5.73 Å². The highest BCUT2D eigenvalue weighted by atomic mass is 16.5. The van der Waals surface area contributed by atoms with E-state index in [0.717, 1.165) is 12.2 Å². The van der Waals surface area contributed by atoms with Crippen molar-refractivity contribution in [3.05, 3.63) is 29.3 Å². The largest absolute Gasteiger partial charge is 0.491 e. The van der Waals surface area contributed by atoms with E-state index in [4.69, 9.17) is 10.5 Å². The van der Waals surface area contributed by atoms with Crippen LogP contribution < -0.4 is 10.5 Å². The molecule has 0 saturated heterocycles. The van der Waals surface area contributed by atoms with Crippen molar-refractivity contribution in [1.82, 2.24) is 0 Å². The third kappa shape index (κ3) is 3.86. The molecule has 2 nitrogen and oxygen atoms in total. The van der Waals surface area contributed by atoms with Crippen molar-refractivity contribution in [2.75, 3.05) is 0 Å². The fourth-order valence-corrected chi connectivity index (χ4v) is 1.72. The zero-order valence-corrected chi connectivity index (χ0v) is 11.0. The minimum absolute atomic E-state index is 0.196. The molecule has 1 rings (SSSR count). The topological polar surface area (TPSA) is 35.2 Å². The maximum absolute atomic E-state index is 6.08. The van der Waals surface area contributed by atoms with E-state index in [0.29, 0.717) is 0 Å². The number of rotatable bonds is 4. The first-order chi connectivity index (χ1) is 7.29. The Labute approximate surface area is 98.8 Å². The Morgan fingerprint density at radius 1 is 1.31 bits per heavy atom. The lowest BCUT2D eigenvalue weighted by Crippen LogP contribution is -2.35. The number of ether oxygens (including phenoxy) is 1. The average molecular weight is 221 g/mol. The van der Waals surface area contributed by atoms with Crippen LogP contribution in [0.15, 0.2) is 18.2 Å². The van der Waals surface area contributed by atoms with Gasteiger partial charge in [-0.3, -0.25) is 0 Å². The fraction of sp³-hybridized carbons (Fsp3) is 0.571. The van der Waals surface area contributed by atoms with Crippen LogP contribution in [0.4, 0.5) is 0 Å². The van der Waals surface area contributed by atoms with E-state index in [2.05, 4.69) is 13.0 Å². The van der Waals surface area contributed by atoms with Crippen molar-refractivity contribution in [2.45, 2.75) is 52.7 Å². The maximum atomic E-state index is 6.08. The second-order valence-electron chi connectivity index (χ2n) is 5.38. The average Bonchev–Trinajstić information content (AvgIpc) is 2.08. The normalized spacial score (nSPS) is 11.9. The third-order valence-electron chi connectivity index (χ3n) is 2.36. The van der Waals surface area contributed by atoms with Gasteiger partial charge in [0, 0.05) is 5.54 Å². The number of nitrogens with two attached hydrogens (primary N) is 1. The van der Waals surface area contributed by atoms with Gasteiger partial charge in [-0.2, -0.15) is 0 Å². The second kappa shape index (κ2) is 4.88. The first kappa shape index (κ1) is 13.0. The van der Waals surface area contributed by atoms with Gasteiger partial charge < -0.3 is 10.5 Å². The van der Waals surface area contributed by atoms with Crippen LogP contribution in [0.1, 0.15) is 38.8 Å². The SMILES string of the molecule is Cc1cccc(OC(C)C)c1CC(C)(C)N. The molecule has 2 heteroatoms. The second-order valence-corrected chi connectivity index (χ2v) is 5.38. The molecule has 0 aliphatic rings. The molecule has 2 N–H and O–H groups in total. The van der Waals surface area contributed by atoms with Crippen molar-refractivity contribution in [1.29, 1.82) is 0 Å². The predicted molar refractivity (Wildman–Crippen MR) is 68.9 cm³/mol. The van der Waals surface area contributed by atoms with Crippen molar-refractivity contribution in [3.8, 4) is 5.75 Å². The molecule has 90 valence electrons. The fourth-order valence-electron chi connectivity index (χ4n) is 1.72. The van der Waals surface area contributed by atoms with Gasteiger partial charge in [-0.25, -0.2) is 0 Å². The molecule has 0 bridgehead atoms. The highest BCUT2D eigenvalue weighted by Gasteiger charge is 2.17. The van der Waals surface area contributed by atoms with E-state index >= 15 is 0 Å². The van der Waals surface area contributed by atoms with Crippen LogP contribution in [0.3, 0.4) is 0 Å². The van der Waals surface area contributed by atoms with Crippen LogP contribution in [0.2, 0.25) is 0 Å². The highest BCUT2D eigenvalue weighted by molar-refractivity contribution is 5.40. The van der Waals surface area contributed by atoms with Gasteiger partial charge in [-0.1, -0.05) is 12.1 Å². The molecular weight excluding hydrogens is 198 g/mol. The van der Waals surface area contributed by atoms with E-state index < -0.39 is 0 Å². The zero-order chi connectivity index (χ0) is 12.3. The van der Waals surface area contributed by atoms with Gasteiger partial charge in [0.2, 0.25) is 0 Å². The van der Waals surface area contributed by atoms with Crippen LogP contribution in [0, 0.1) is 6.92 Å². The molecule has 0 atom stereocenters. The summed E-state index contributed by atoms with van der Waals surface area (Å²) in [6.45, 7) is 10.3. The molecule has 0 aromatic heterocycles. The molecule has 0 aliphatic heterocycles. The third-order valence-corrected chi connectivity index (χ3v) is 2.36. The Hall–Kier alpha value is -1.02.